The Bertz CT molecular complexity index is 764. The fourth-order valence-electron chi connectivity index (χ4n) is 4.16. The Morgan fingerprint density at radius 3 is 2.58 bits per heavy atom. The van der Waals surface area contributed by atoms with Gasteiger partial charge in [-0.2, -0.15) is 0 Å². The maximum Gasteiger partial charge on any atom is 0.272 e. The monoisotopic (exact) mass is 327 g/mol. The minimum absolute atomic E-state index is 0.116. The summed E-state index contributed by atoms with van der Waals surface area (Å²) >= 11 is 0. The summed E-state index contributed by atoms with van der Waals surface area (Å²) in [5.74, 6) is 0.116. The number of amides is 1. The van der Waals surface area contributed by atoms with Crippen molar-refractivity contribution in [1.82, 2.24) is 14.3 Å². The molecule has 0 saturated carbocycles. The van der Waals surface area contributed by atoms with Crippen molar-refractivity contribution in [1.29, 1.82) is 0 Å². The van der Waals surface area contributed by atoms with Crippen LogP contribution in [0.4, 0.5) is 0 Å². The van der Waals surface area contributed by atoms with Crippen LogP contribution in [-0.4, -0.2) is 46.5 Å². The SMILES string of the molecule is Cc1ccn2c(C(=O)N3CCC4(CCOCC4)CC3)c(C)nc2c1. The molecule has 1 amide bonds. The average molecular weight is 327 g/mol. The van der Waals surface area contributed by atoms with Gasteiger partial charge in [0.25, 0.3) is 5.91 Å². The first-order chi connectivity index (χ1) is 11.6. The minimum atomic E-state index is 0.116. The molecule has 2 aromatic heterocycles. The average Bonchev–Trinajstić information content (AvgIpc) is 2.90. The molecule has 4 rings (SSSR count). The number of aryl methyl sites for hydroxylation is 2. The Kier molecular flexibility index (Phi) is 3.83. The third kappa shape index (κ3) is 2.61. The third-order valence-corrected chi connectivity index (χ3v) is 5.82. The number of likely N-dealkylation sites (tertiary alicyclic amines) is 1. The van der Waals surface area contributed by atoms with E-state index in [0.29, 0.717) is 11.1 Å². The Labute approximate surface area is 142 Å². The highest BCUT2D eigenvalue weighted by atomic mass is 16.5. The van der Waals surface area contributed by atoms with Gasteiger partial charge in [-0.05, 0) is 62.6 Å². The summed E-state index contributed by atoms with van der Waals surface area (Å²) in [6.07, 6.45) is 6.43. The van der Waals surface area contributed by atoms with E-state index in [-0.39, 0.29) is 5.91 Å². The van der Waals surface area contributed by atoms with Crippen molar-refractivity contribution >= 4 is 11.6 Å². The first kappa shape index (κ1) is 15.6. The molecule has 2 saturated heterocycles. The number of aromatic nitrogens is 2. The molecule has 4 heterocycles. The number of pyridine rings is 1. The summed E-state index contributed by atoms with van der Waals surface area (Å²) in [7, 11) is 0. The fraction of sp³-hybridized carbons (Fsp3) is 0.579. The molecule has 0 N–H and O–H groups in total. The van der Waals surface area contributed by atoms with Crippen molar-refractivity contribution in [3.8, 4) is 0 Å². The molecule has 0 radical (unpaired) electrons. The van der Waals surface area contributed by atoms with E-state index >= 15 is 0 Å². The molecule has 24 heavy (non-hydrogen) atoms. The Morgan fingerprint density at radius 1 is 1.17 bits per heavy atom. The van der Waals surface area contributed by atoms with Crippen molar-refractivity contribution in [2.24, 2.45) is 5.41 Å². The van der Waals surface area contributed by atoms with Crippen LogP contribution in [0.2, 0.25) is 0 Å². The summed E-state index contributed by atoms with van der Waals surface area (Å²) in [5, 5.41) is 0. The summed E-state index contributed by atoms with van der Waals surface area (Å²) < 4.78 is 7.45. The first-order valence-corrected chi connectivity index (χ1v) is 8.90. The highest BCUT2D eigenvalue weighted by Crippen LogP contribution is 2.40. The number of carbonyl (C=O) groups excluding carboxylic acids is 1. The zero-order chi connectivity index (χ0) is 16.7. The quantitative estimate of drug-likeness (QED) is 0.809. The zero-order valence-corrected chi connectivity index (χ0v) is 14.5. The van der Waals surface area contributed by atoms with Gasteiger partial charge < -0.3 is 9.64 Å². The van der Waals surface area contributed by atoms with Gasteiger partial charge in [0.15, 0.2) is 0 Å². The van der Waals surface area contributed by atoms with Crippen molar-refractivity contribution < 1.29 is 9.53 Å². The number of ether oxygens (including phenoxy) is 1. The lowest BCUT2D eigenvalue weighted by Gasteiger charge is -2.44. The van der Waals surface area contributed by atoms with E-state index < -0.39 is 0 Å². The number of rotatable bonds is 1. The van der Waals surface area contributed by atoms with E-state index in [1.807, 2.05) is 41.5 Å². The van der Waals surface area contributed by atoms with Crippen LogP contribution < -0.4 is 0 Å². The van der Waals surface area contributed by atoms with Crippen LogP contribution in [0.5, 0.6) is 0 Å². The van der Waals surface area contributed by atoms with Crippen molar-refractivity contribution in [3.63, 3.8) is 0 Å². The van der Waals surface area contributed by atoms with Gasteiger partial charge in [-0.25, -0.2) is 4.98 Å². The van der Waals surface area contributed by atoms with Gasteiger partial charge in [-0.1, -0.05) is 0 Å². The number of piperidine rings is 1. The van der Waals surface area contributed by atoms with Gasteiger partial charge in [0.05, 0.1) is 5.69 Å². The largest absolute Gasteiger partial charge is 0.381 e. The molecule has 0 bridgehead atoms. The van der Waals surface area contributed by atoms with Gasteiger partial charge in [0.1, 0.15) is 11.3 Å². The van der Waals surface area contributed by atoms with Crippen LogP contribution in [0.25, 0.3) is 5.65 Å². The maximum atomic E-state index is 13.1. The molecule has 2 aliphatic rings. The van der Waals surface area contributed by atoms with Crippen molar-refractivity contribution in [3.05, 3.63) is 35.3 Å². The summed E-state index contributed by atoms with van der Waals surface area (Å²) in [4.78, 5) is 19.7. The molecular formula is C19H25N3O2. The molecule has 5 nitrogen and oxygen atoms in total. The van der Waals surface area contributed by atoms with Crippen molar-refractivity contribution in [2.45, 2.75) is 39.5 Å². The Hall–Kier alpha value is -1.88. The molecule has 2 aromatic rings. The van der Waals surface area contributed by atoms with E-state index in [9.17, 15) is 4.79 Å². The second-order valence-corrected chi connectivity index (χ2v) is 7.38. The van der Waals surface area contributed by atoms with E-state index in [1.165, 1.54) is 0 Å². The van der Waals surface area contributed by atoms with Gasteiger partial charge >= 0.3 is 0 Å². The van der Waals surface area contributed by atoms with E-state index in [2.05, 4.69) is 4.98 Å². The molecule has 2 fully saturated rings. The number of imidazole rings is 1. The predicted octanol–water partition coefficient (Wildman–Crippen LogP) is 2.98. The highest BCUT2D eigenvalue weighted by Gasteiger charge is 2.38. The Morgan fingerprint density at radius 2 is 1.88 bits per heavy atom. The summed E-state index contributed by atoms with van der Waals surface area (Å²) in [5.41, 5.74) is 3.95. The van der Waals surface area contributed by atoms with Gasteiger partial charge in [0, 0.05) is 32.5 Å². The molecular weight excluding hydrogens is 302 g/mol. The maximum absolute atomic E-state index is 13.1. The molecule has 0 unspecified atom stereocenters. The minimum Gasteiger partial charge on any atom is -0.381 e. The van der Waals surface area contributed by atoms with Gasteiger partial charge in [-0.15, -0.1) is 0 Å². The lowest BCUT2D eigenvalue weighted by molar-refractivity contribution is -0.0176. The summed E-state index contributed by atoms with van der Waals surface area (Å²) in [6, 6.07) is 4.05. The van der Waals surface area contributed by atoms with E-state index in [1.54, 1.807) is 0 Å². The van der Waals surface area contributed by atoms with Crippen LogP contribution in [0.3, 0.4) is 0 Å². The van der Waals surface area contributed by atoms with Crippen LogP contribution >= 0.6 is 0 Å². The number of carbonyl (C=O) groups is 1. The molecule has 1 spiro atoms. The first-order valence-electron chi connectivity index (χ1n) is 8.90. The summed E-state index contributed by atoms with van der Waals surface area (Å²) in [6.45, 7) is 7.41. The van der Waals surface area contributed by atoms with Crippen LogP contribution in [0.15, 0.2) is 18.3 Å². The van der Waals surface area contributed by atoms with E-state index in [0.717, 1.165) is 68.9 Å². The fourth-order valence-corrected chi connectivity index (χ4v) is 4.16. The van der Waals surface area contributed by atoms with Gasteiger partial charge in [-0.3, -0.25) is 9.20 Å². The van der Waals surface area contributed by atoms with Crippen LogP contribution in [0.1, 0.15) is 47.4 Å². The smallest absolute Gasteiger partial charge is 0.272 e. The molecule has 2 aliphatic heterocycles. The molecule has 0 atom stereocenters. The van der Waals surface area contributed by atoms with E-state index in [4.69, 9.17) is 4.74 Å². The molecule has 128 valence electrons. The number of fused-ring (bicyclic) bond motifs is 1. The molecule has 0 aliphatic carbocycles. The van der Waals surface area contributed by atoms with Crippen LogP contribution in [-0.2, 0) is 4.74 Å². The van der Waals surface area contributed by atoms with Gasteiger partial charge in [0.2, 0.25) is 0 Å². The lowest BCUT2D eigenvalue weighted by atomic mass is 9.72. The number of hydrogen-bond donors (Lipinski definition) is 0. The predicted molar refractivity (Wildman–Crippen MR) is 92.3 cm³/mol. The lowest BCUT2D eigenvalue weighted by Crippen LogP contribution is -2.45. The normalized spacial score (nSPS) is 20.7. The number of nitrogens with zero attached hydrogens (tertiary/aromatic N) is 3. The van der Waals surface area contributed by atoms with Crippen molar-refractivity contribution in [2.75, 3.05) is 26.3 Å². The highest BCUT2D eigenvalue weighted by molar-refractivity contribution is 5.94. The standard InChI is InChI=1S/C19H25N3O2/c1-14-3-8-22-16(13-14)20-15(2)17(22)18(23)21-9-4-19(5-10-21)6-11-24-12-7-19/h3,8,13H,4-7,9-12H2,1-2H3. The molecule has 0 aromatic carbocycles. The number of hydrogen-bond acceptors (Lipinski definition) is 3. The second kappa shape index (κ2) is 5.88. The Balaban J connectivity index is 1.56. The zero-order valence-electron chi connectivity index (χ0n) is 14.5. The molecule has 5 heteroatoms. The third-order valence-electron chi connectivity index (χ3n) is 5.82. The topological polar surface area (TPSA) is 46.8 Å². The van der Waals surface area contributed by atoms with Crippen LogP contribution in [0, 0.1) is 19.3 Å². The second-order valence-electron chi connectivity index (χ2n) is 7.38.